The Morgan fingerprint density at radius 2 is 2.04 bits per heavy atom. The molecular formula is C19H17NO5. The van der Waals surface area contributed by atoms with Crippen LogP contribution in [0.15, 0.2) is 42.5 Å². The maximum Gasteiger partial charge on any atom is 0.370 e. The zero-order valence-corrected chi connectivity index (χ0v) is 13.9. The monoisotopic (exact) mass is 339 g/mol. The Kier molecular flexibility index (Phi) is 3.42. The molecule has 2 heterocycles. The number of benzene rings is 2. The second-order valence-corrected chi connectivity index (χ2v) is 6.06. The van der Waals surface area contributed by atoms with Crippen LogP contribution < -0.4 is 14.8 Å². The highest BCUT2D eigenvalue weighted by Gasteiger charge is 2.64. The summed E-state index contributed by atoms with van der Waals surface area (Å²) in [6, 6.07) is 11.9. The van der Waals surface area contributed by atoms with E-state index in [4.69, 9.17) is 14.2 Å². The molecule has 0 unspecified atom stereocenters. The van der Waals surface area contributed by atoms with Gasteiger partial charge in [0, 0.05) is 5.56 Å². The van der Waals surface area contributed by atoms with Crippen molar-refractivity contribution >= 4 is 17.6 Å². The Labute approximate surface area is 144 Å². The maximum atomic E-state index is 12.8. The van der Waals surface area contributed by atoms with Gasteiger partial charge in [-0.3, -0.25) is 0 Å². The third-order valence-electron chi connectivity index (χ3n) is 4.43. The van der Waals surface area contributed by atoms with E-state index < -0.39 is 23.6 Å². The number of ether oxygens (including phenoxy) is 3. The van der Waals surface area contributed by atoms with E-state index in [1.54, 1.807) is 25.1 Å². The number of anilines is 1. The topological polar surface area (TPSA) is 73.9 Å². The second-order valence-electron chi connectivity index (χ2n) is 6.06. The van der Waals surface area contributed by atoms with Gasteiger partial charge in [0.1, 0.15) is 17.5 Å². The van der Waals surface area contributed by atoms with Gasteiger partial charge in [-0.15, -0.1) is 0 Å². The van der Waals surface area contributed by atoms with E-state index in [0.29, 0.717) is 22.7 Å². The minimum atomic E-state index is -1.91. The summed E-state index contributed by atoms with van der Waals surface area (Å²) < 4.78 is 16.5. The minimum Gasteiger partial charge on any atom is -0.462 e. The van der Waals surface area contributed by atoms with Crippen molar-refractivity contribution in [2.75, 3.05) is 11.9 Å². The molecule has 0 saturated carbocycles. The van der Waals surface area contributed by atoms with Crippen LogP contribution in [0, 0.1) is 6.92 Å². The summed E-state index contributed by atoms with van der Waals surface area (Å²) in [5.41, 5.74) is 0.456. The molecule has 0 radical (unpaired) electrons. The van der Waals surface area contributed by atoms with Crippen LogP contribution in [0.4, 0.5) is 5.69 Å². The van der Waals surface area contributed by atoms with Gasteiger partial charge in [0.15, 0.2) is 0 Å². The molecule has 0 aromatic heterocycles. The average molecular weight is 339 g/mol. The molecule has 6 nitrogen and oxygen atoms in total. The molecule has 0 saturated heterocycles. The van der Waals surface area contributed by atoms with Crippen molar-refractivity contribution in [2.24, 2.45) is 0 Å². The molecule has 2 aliphatic rings. The summed E-state index contributed by atoms with van der Waals surface area (Å²) in [4.78, 5) is 25.6. The molecule has 1 N–H and O–H groups in total. The molecule has 0 aliphatic carbocycles. The van der Waals surface area contributed by atoms with Crippen molar-refractivity contribution in [2.45, 2.75) is 25.5 Å². The number of hydrogen-bond donors (Lipinski definition) is 1. The van der Waals surface area contributed by atoms with Gasteiger partial charge in [0.2, 0.25) is 0 Å². The fourth-order valence-corrected chi connectivity index (χ4v) is 3.26. The van der Waals surface area contributed by atoms with E-state index in [-0.39, 0.29) is 6.61 Å². The smallest absolute Gasteiger partial charge is 0.370 e. The quantitative estimate of drug-likeness (QED) is 0.515. The highest BCUT2D eigenvalue weighted by Crippen LogP contribution is 2.49. The first-order valence-electron chi connectivity index (χ1n) is 8.11. The largest absolute Gasteiger partial charge is 0.462 e. The van der Waals surface area contributed by atoms with E-state index in [1.807, 2.05) is 31.2 Å². The van der Waals surface area contributed by atoms with Crippen LogP contribution >= 0.6 is 0 Å². The number of hydrogen-bond acceptors (Lipinski definition) is 6. The summed E-state index contributed by atoms with van der Waals surface area (Å²) >= 11 is 0. The summed E-state index contributed by atoms with van der Waals surface area (Å²) in [5, 5.41) is 3.27. The molecule has 6 heteroatoms. The Morgan fingerprint density at radius 1 is 1.24 bits per heavy atom. The summed E-state index contributed by atoms with van der Waals surface area (Å²) in [6.07, 6.45) is 0. The summed E-state index contributed by atoms with van der Waals surface area (Å²) in [6.45, 7) is 3.74. The van der Waals surface area contributed by atoms with Crippen LogP contribution in [-0.4, -0.2) is 24.1 Å². The van der Waals surface area contributed by atoms with Gasteiger partial charge in [-0.05, 0) is 32.0 Å². The average Bonchev–Trinajstić information content (AvgIpc) is 2.61. The van der Waals surface area contributed by atoms with Crippen molar-refractivity contribution in [1.82, 2.24) is 0 Å². The third-order valence-corrected chi connectivity index (χ3v) is 4.43. The number of carbonyl (C=O) groups excluding carboxylic acids is 2. The van der Waals surface area contributed by atoms with Gasteiger partial charge in [0.05, 0.1) is 12.3 Å². The SMILES string of the molecule is CCOC(=O)[C@@]12Oc3ccccc3N[C@@H]1c1cc(C)ccc1OC2=O. The molecule has 0 amide bonds. The number of nitrogens with one attached hydrogen (secondary N) is 1. The molecule has 2 aliphatic heterocycles. The second kappa shape index (κ2) is 5.51. The Hall–Kier alpha value is -3.02. The van der Waals surface area contributed by atoms with E-state index in [2.05, 4.69) is 5.32 Å². The first-order valence-corrected chi connectivity index (χ1v) is 8.11. The fraction of sp³-hybridized carbons (Fsp3) is 0.263. The fourth-order valence-electron chi connectivity index (χ4n) is 3.26. The van der Waals surface area contributed by atoms with Gasteiger partial charge in [-0.25, -0.2) is 9.59 Å². The highest BCUT2D eigenvalue weighted by atomic mass is 16.6. The Balaban J connectivity index is 1.94. The number of carbonyl (C=O) groups is 2. The lowest BCUT2D eigenvalue weighted by Gasteiger charge is -2.44. The standard InChI is InChI=1S/C19H17NO5/c1-3-23-17(21)19-16(20-13-6-4-5-7-15(13)25-19)12-10-11(2)8-9-14(12)24-18(19)22/h4-10,16,20H,3H2,1-2H3/t16-,19+/m1/s1. The van der Waals surface area contributed by atoms with E-state index in [0.717, 1.165) is 5.56 Å². The molecule has 0 spiro atoms. The Morgan fingerprint density at radius 3 is 2.84 bits per heavy atom. The van der Waals surface area contributed by atoms with Crippen molar-refractivity contribution in [1.29, 1.82) is 0 Å². The van der Waals surface area contributed by atoms with Crippen molar-refractivity contribution in [3.8, 4) is 11.5 Å². The predicted octanol–water partition coefficient (Wildman–Crippen LogP) is 2.76. The molecule has 2 atom stereocenters. The normalized spacial score (nSPS) is 23.1. The van der Waals surface area contributed by atoms with Gasteiger partial charge in [-0.1, -0.05) is 29.8 Å². The van der Waals surface area contributed by atoms with Crippen molar-refractivity contribution < 1.29 is 23.8 Å². The molecular weight excluding hydrogens is 322 g/mol. The zero-order chi connectivity index (χ0) is 17.6. The zero-order valence-electron chi connectivity index (χ0n) is 13.9. The van der Waals surface area contributed by atoms with Crippen molar-refractivity contribution in [3.63, 3.8) is 0 Å². The van der Waals surface area contributed by atoms with Crippen LogP contribution in [0.5, 0.6) is 11.5 Å². The van der Waals surface area contributed by atoms with Crippen LogP contribution in [0.3, 0.4) is 0 Å². The minimum absolute atomic E-state index is 0.131. The van der Waals surface area contributed by atoms with Crippen LogP contribution in [0.1, 0.15) is 24.1 Å². The summed E-state index contributed by atoms with van der Waals surface area (Å²) in [7, 11) is 0. The lowest BCUT2D eigenvalue weighted by Crippen LogP contribution is -2.64. The maximum absolute atomic E-state index is 12.8. The molecule has 0 bridgehead atoms. The van der Waals surface area contributed by atoms with Crippen LogP contribution in [-0.2, 0) is 14.3 Å². The first-order chi connectivity index (χ1) is 12.1. The number of para-hydroxylation sites is 2. The lowest BCUT2D eigenvalue weighted by molar-refractivity contribution is -0.179. The number of aryl methyl sites for hydroxylation is 1. The number of rotatable bonds is 2. The summed E-state index contributed by atoms with van der Waals surface area (Å²) in [5.74, 6) is -0.732. The lowest BCUT2D eigenvalue weighted by atomic mass is 9.83. The molecule has 4 rings (SSSR count). The first kappa shape index (κ1) is 15.5. The molecule has 2 aromatic carbocycles. The highest BCUT2D eigenvalue weighted by molar-refractivity contribution is 6.08. The molecule has 128 valence electrons. The van der Waals surface area contributed by atoms with E-state index in [9.17, 15) is 9.59 Å². The van der Waals surface area contributed by atoms with Gasteiger partial charge < -0.3 is 19.5 Å². The third kappa shape index (κ3) is 2.17. The molecule has 2 aromatic rings. The molecule has 25 heavy (non-hydrogen) atoms. The van der Waals surface area contributed by atoms with Gasteiger partial charge >= 0.3 is 17.5 Å². The number of esters is 2. The van der Waals surface area contributed by atoms with Crippen LogP contribution in [0.2, 0.25) is 0 Å². The van der Waals surface area contributed by atoms with E-state index in [1.165, 1.54) is 0 Å². The Bertz CT molecular complexity index is 878. The van der Waals surface area contributed by atoms with E-state index >= 15 is 0 Å². The van der Waals surface area contributed by atoms with Gasteiger partial charge in [-0.2, -0.15) is 0 Å². The number of fused-ring (bicyclic) bond motifs is 4. The predicted molar refractivity (Wildman–Crippen MR) is 89.6 cm³/mol. The molecule has 0 fully saturated rings. The van der Waals surface area contributed by atoms with Crippen molar-refractivity contribution in [3.05, 3.63) is 53.6 Å². The van der Waals surface area contributed by atoms with Gasteiger partial charge in [0.25, 0.3) is 0 Å². The van der Waals surface area contributed by atoms with Crippen LogP contribution in [0.25, 0.3) is 0 Å².